The minimum absolute atomic E-state index is 0.00312. The lowest BCUT2D eigenvalue weighted by Gasteiger charge is -2.25. The number of furan rings is 1. The number of amides is 1. The Morgan fingerprint density at radius 1 is 1.25 bits per heavy atom. The molecule has 1 aromatic carbocycles. The van der Waals surface area contributed by atoms with Crippen molar-refractivity contribution >= 4 is 5.91 Å². The molecule has 1 unspecified atom stereocenters. The van der Waals surface area contributed by atoms with Gasteiger partial charge in [0.1, 0.15) is 17.3 Å². The van der Waals surface area contributed by atoms with Crippen molar-refractivity contribution in [3.8, 4) is 5.69 Å². The molecule has 4 rings (SSSR count). The van der Waals surface area contributed by atoms with Crippen LogP contribution < -0.4 is 5.32 Å². The average Bonchev–Trinajstić information content (AvgIpc) is 3.45. The minimum Gasteiger partial charge on any atom is -0.468 e. The predicted molar refractivity (Wildman–Crippen MR) is 103 cm³/mol. The molecule has 7 heteroatoms. The molecule has 1 saturated heterocycles. The van der Waals surface area contributed by atoms with Gasteiger partial charge >= 0.3 is 0 Å². The SMILES string of the molecule is Cc1c(C(=O)NCC(c2ccco2)N2CCCC2)cnn1-c1ccccc1F. The number of nitrogens with zero attached hydrogens (tertiary/aromatic N) is 3. The van der Waals surface area contributed by atoms with Crippen molar-refractivity contribution in [1.29, 1.82) is 0 Å². The second-order valence-electron chi connectivity index (χ2n) is 6.99. The van der Waals surface area contributed by atoms with E-state index in [-0.39, 0.29) is 17.8 Å². The molecule has 1 N–H and O–H groups in total. The molecule has 1 atom stereocenters. The van der Waals surface area contributed by atoms with Crippen molar-refractivity contribution in [2.45, 2.75) is 25.8 Å². The van der Waals surface area contributed by atoms with E-state index in [1.807, 2.05) is 12.1 Å². The topological polar surface area (TPSA) is 63.3 Å². The molecule has 0 bridgehead atoms. The number of rotatable bonds is 6. The fourth-order valence-corrected chi connectivity index (χ4v) is 3.73. The highest BCUT2D eigenvalue weighted by Gasteiger charge is 2.26. The largest absolute Gasteiger partial charge is 0.468 e. The monoisotopic (exact) mass is 382 g/mol. The number of halogens is 1. The van der Waals surface area contributed by atoms with Crippen molar-refractivity contribution in [1.82, 2.24) is 20.0 Å². The van der Waals surface area contributed by atoms with Gasteiger partial charge in [-0.05, 0) is 57.1 Å². The van der Waals surface area contributed by atoms with Crippen LogP contribution in [-0.2, 0) is 0 Å². The summed E-state index contributed by atoms with van der Waals surface area (Å²) in [5.74, 6) is 0.240. The first-order valence-corrected chi connectivity index (χ1v) is 9.50. The lowest BCUT2D eigenvalue weighted by atomic mass is 10.1. The van der Waals surface area contributed by atoms with E-state index in [0.717, 1.165) is 31.7 Å². The second-order valence-corrected chi connectivity index (χ2v) is 6.99. The summed E-state index contributed by atoms with van der Waals surface area (Å²) in [6.45, 7) is 4.19. The number of carbonyl (C=O) groups is 1. The zero-order valence-electron chi connectivity index (χ0n) is 15.8. The van der Waals surface area contributed by atoms with Gasteiger partial charge in [0.15, 0.2) is 0 Å². The quantitative estimate of drug-likeness (QED) is 0.709. The highest BCUT2D eigenvalue weighted by molar-refractivity contribution is 5.95. The lowest BCUT2D eigenvalue weighted by molar-refractivity contribution is 0.0933. The fourth-order valence-electron chi connectivity index (χ4n) is 3.73. The molecule has 6 nitrogen and oxygen atoms in total. The Morgan fingerprint density at radius 3 is 2.75 bits per heavy atom. The number of aromatic nitrogens is 2. The number of nitrogens with one attached hydrogen (secondary N) is 1. The molecule has 0 aliphatic carbocycles. The first-order chi connectivity index (χ1) is 13.6. The van der Waals surface area contributed by atoms with Gasteiger partial charge < -0.3 is 9.73 Å². The maximum atomic E-state index is 14.1. The van der Waals surface area contributed by atoms with Crippen LogP contribution in [0.4, 0.5) is 4.39 Å². The Balaban J connectivity index is 1.50. The molecule has 0 radical (unpaired) electrons. The smallest absolute Gasteiger partial charge is 0.254 e. The van der Waals surface area contributed by atoms with Crippen LogP contribution in [0.15, 0.2) is 53.3 Å². The number of benzene rings is 1. The molecule has 3 heterocycles. The normalized spacial score (nSPS) is 15.6. The summed E-state index contributed by atoms with van der Waals surface area (Å²) >= 11 is 0. The molecule has 28 heavy (non-hydrogen) atoms. The van der Waals surface area contributed by atoms with Crippen molar-refractivity contribution in [3.63, 3.8) is 0 Å². The molecule has 2 aromatic heterocycles. The molecule has 1 amide bonds. The summed E-state index contributed by atoms with van der Waals surface area (Å²) < 4.78 is 21.1. The van der Waals surface area contributed by atoms with Crippen LogP contribution >= 0.6 is 0 Å². The van der Waals surface area contributed by atoms with Crippen LogP contribution in [0, 0.1) is 12.7 Å². The molecule has 1 aliphatic heterocycles. The summed E-state index contributed by atoms with van der Waals surface area (Å²) in [6, 6.07) is 10.2. The van der Waals surface area contributed by atoms with Crippen LogP contribution in [0.25, 0.3) is 5.69 Å². The number of likely N-dealkylation sites (tertiary alicyclic amines) is 1. The van der Waals surface area contributed by atoms with Crippen LogP contribution in [0.3, 0.4) is 0 Å². The second kappa shape index (κ2) is 7.98. The Labute approximate surface area is 162 Å². The molecule has 1 aliphatic rings. The van der Waals surface area contributed by atoms with Crippen LogP contribution in [0.1, 0.15) is 40.7 Å². The van der Waals surface area contributed by atoms with E-state index in [1.165, 1.54) is 16.9 Å². The van der Waals surface area contributed by atoms with Gasteiger partial charge in [0.05, 0.1) is 29.8 Å². The van der Waals surface area contributed by atoms with Gasteiger partial charge in [-0.15, -0.1) is 0 Å². The Morgan fingerprint density at radius 2 is 2.04 bits per heavy atom. The summed E-state index contributed by atoms with van der Waals surface area (Å²) in [4.78, 5) is 15.1. The zero-order chi connectivity index (χ0) is 19.5. The number of hydrogen-bond acceptors (Lipinski definition) is 4. The van der Waals surface area contributed by atoms with E-state index >= 15 is 0 Å². The van der Waals surface area contributed by atoms with E-state index in [0.29, 0.717) is 23.5 Å². The predicted octanol–water partition coefficient (Wildman–Crippen LogP) is 3.48. The van der Waals surface area contributed by atoms with Crippen LogP contribution in [0.5, 0.6) is 0 Å². The van der Waals surface area contributed by atoms with E-state index in [1.54, 1.807) is 31.4 Å². The van der Waals surface area contributed by atoms with Crippen molar-refractivity contribution in [2.75, 3.05) is 19.6 Å². The minimum atomic E-state index is -0.382. The van der Waals surface area contributed by atoms with E-state index in [4.69, 9.17) is 4.42 Å². The molecule has 146 valence electrons. The van der Waals surface area contributed by atoms with Gasteiger partial charge in [0.2, 0.25) is 0 Å². The maximum Gasteiger partial charge on any atom is 0.254 e. The Hall–Kier alpha value is -2.93. The van der Waals surface area contributed by atoms with Crippen molar-refractivity contribution in [2.24, 2.45) is 0 Å². The summed E-state index contributed by atoms with van der Waals surface area (Å²) in [6.07, 6.45) is 5.44. The highest BCUT2D eigenvalue weighted by atomic mass is 19.1. The summed E-state index contributed by atoms with van der Waals surface area (Å²) in [5.41, 5.74) is 1.35. The number of hydrogen-bond donors (Lipinski definition) is 1. The van der Waals surface area contributed by atoms with E-state index < -0.39 is 0 Å². The van der Waals surface area contributed by atoms with Crippen LogP contribution in [-0.4, -0.2) is 40.2 Å². The fraction of sp³-hybridized carbons (Fsp3) is 0.333. The molecular formula is C21H23FN4O2. The average molecular weight is 382 g/mol. The molecule has 1 fully saturated rings. The third kappa shape index (κ3) is 3.57. The molecule has 0 saturated carbocycles. The van der Waals surface area contributed by atoms with Gasteiger partial charge in [-0.1, -0.05) is 12.1 Å². The van der Waals surface area contributed by atoms with Gasteiger partial charge in [-0.25, -0.2) is 9.07 Å². The van der Waals surface area contributed by atoms with E-state index in [2.05, 4.69) is 15.3 Å². The summed E-state index contributed by atoms with van der Waals surface area (Å²) in [7, 11) is 0. The van der Waals surface area contributed by atoms with E-state index in [9.17, 15) is 9.18 Å². The van der Waals surface area contributed by atoms with Crippen molar-refractivity contribution < 1.29 is 13.6 Å². The maximum absolute atomic E-state index is 14.1. The highest BCUT2D eigenvalue weighted by Crippen LogP contribution is 2.25. The van der Waals surface area contributed by atoms with Crippen LogP contribution in [0.2, 0.25) is 0 Å². The van der Waals surface area contributed by atoms with Gasteiger partial charge in [0, 0.05) is 6.54 Å². The summed E-state index contributed by atoms with van der Waals surface area (Å²) in [5, 5.41) is 7.21. The third-order valence-electron chi connectivity index (χ3n) is 5.24. The number of para-hydroxylation sites is 1. The molecule has 0 spiro atoms. The standard InChI is InChI=1S/C21H23FN4O2/c1-15-16(13-24-26(15)18-8-3-2-7-17(18)22)21(27)23-14-19(20-9-6-12-28-20)25-10-4-5-11-25/h2-3,6-9,12-13,19H,4-5,10-11,14H2,1H3,(H,23,27). The Kier molecular flexibility index (Phi) is 5.25. The van der Waals surface area contributed by atoms with Gasteiger partial charge in [-0.2, -0.15) is 5.10 Å². The Bertz CT molecular complexity index is 945. The van der Waals surface area contributed by atoms with Gasteiger partial charge in [0.25, 0.3) is 5.91 Å². The lowest BCUT2D eigenvalue weighted by Crippen LogP contribution is -2.36. The first kappa shape index (κ1) is 18.4. The van der Waals surface area contributed by atoms with Crippen molar-refractivity contribution in [3.05, 3.63) is 71.7 Å². The molecular weight excluding hydrogens is 359 g/mol. The molecule has 3 aromatic rings. The zero-order valence-corrected chi connectivity index (χ0v) is 15.8. The third-order valence-corrected chi connectivity index (χ3v) is 5.24. The number of carbonyl (C=O) groups excluding carboxylic acids is 1. The van der Waals surface area contributed by atoms with Gasteiger partial charge in [-0.3, -0.25) is 9.69 Å². The first-order valence-electron chi connectivity index (χ1n) is 9.50.